The molecule has 2 heterocycles. The molecule has 0 fully saturated rings. The maximum absolute atomic E-state index is 15.2. The van der Waals surface area contributed by atoms with Crippen molar-refractivity contribution in [3.05, 3.63) is 289 Å². The second-order valence-corrected chi connectivity index (χ2v) is 25.1. The Morgan fingerprint density at radius 2 is 0.701 bits per heavy atom. The molecule has 14 heteroatoms. The smallest absolute Gasteiger partial charge is 0.309 e. The molecule has 0 aliphatic heterocycles. The van der Waals surface area contributed by atoms with Crippen LogP contribution in [0.1, 0.15) is 22.3 Å². The van der Waals surface area contributed by atoms with Crippen LogP contribution < -0.4 is 20.7 Å². The van der Waals surface area contributed by atoms with Crippen LogP contribution in [0, 0.1) is 6.92 Å². The second-order valence-electron chi connectivity index (χ2n) is 21.3. The summed E-state index contributed by atoms with van der Waals surface area (Å²) in [5.41, 5.74) is 0.366. The molecule has 13 rings (SSSR count). The van der Waals surface area contributed by atoms with Crippen LogP contribution in [-0.4, -0.2) is 27.6 Å². The lowest BCUT2D eigenvalue weighted by Gasteiger charge is -2.34. The van der Waals surface area contributed by atoms with Gasteiger partial charge in [-0.3, -0.25) is 0 Å². The highest BCUT2D eigenvalue weighted by Gasteiger charge is 2.42. The molecule has 11 aromatic carbocycles. The summed E-state index contributed by atoms with van der Waals surface area (Å²) in [5, 5.41) is 5.33. The summed E-state index contributed by atoms with van der Waals surface area (Å²) in [5.74, 6) is 0.983. The van der Waals surface area contributed by atoms with Gasteiger partial charge in [-0.2, -0.15) is 39.5 Å². The van der Waals surface area contributed by atoms with E-state index >= 15 is 26.3 Å². The Morgan fingerprint density at radius 1 is 0.310 bits per heavy atom. The van der Waals surface area contributed by atoms with Gasteiger partial charge in [0.05, 0.1) is 33.4 Å². The molecule has 0 bridgehead atoms. The molecule has 0 radical (unpaired) electrons. The zero-order chi connectivity index (χ0) is 60.2. The van der Waals surface area contributed by atoms with Gasteiger partial charge in [-0.05, 0) is 91.9 Å². The molecule has 0 atom stereocenters. The minimum atomic E-state index is -5.22. The molecular formula is C73H47F9N4Si. The highest BCUT2D eigenvalue weighted by atomic mass is 28.3. The minimum absolute atomic E-state index is 0.0627. The predicted octanol–water partition coefficient (Wildman–Crippen LogP) is 17.7. The lowest BCUT2D eigenvalue weighted by Crippen LogP contribution is -2.74. The van der Waals surface area contributed by atoms with Gasteiger partial charge < -0.3 is 4.57 Å². The number of hydrogen-bond acceptors (Lipinski definition) is 3. The van der Waals surface area contributed by atoms with Gasteiger partial charge in [-0.1, -0.05) is 236 Å². The lowest BCUT2D eigenvalue weighted by atomic mass is 9.95. The zero-order valence-electron chi connectivity index (χ0n) is 46.1. The van der Waals surface area contributed by atoms with Crippen molar-refractivity contribution >= 4 is 50.6 Å². The number of aryl methyl sites for hydroxylation is 1. The third-order valence-electron chi connectivity index (χ3n) is 15.9. The molecule has 13 aromatic rings. The summed E-state index contributed by atoms with van der Waals surface area (Å²) >= 11 is 0. The van der Waals surface area contributed by atoms with Crippen molar-refractivity contribution in [1.29, 1.82) is 0 Å². The van der Waals surface area contributed by atoms with Crippen LogP contribution >= 0.6 is 0 Å². The van der Waals surface area contributed by atoms with Crippen molar-refractivity contribution in [3.63, 3.8) is 0 Å². The Labute approximate surface area is 495 Å². The maximum Gasteiger partial charge on any atom is 0.417 e. The third-order valence-corrected chi connectivity index (χ3v) is 20.7. The largest absolute Gasteiger partial charge is 0.417 e. The van der Waals surface area contributed by atoms with Gasteiger partial charge in [0, 0.05) is 33.0 Å². The number of halogens is 9. The van der Waals surface area contributed by atoms with Crippen LogP contribution in [0.2, 0.25) is 0 Å². The quantitative estimate of drug-likeness (QED) is 0.0736. The predicted molar refractivity (Wildman–Crippen MR) is 330 cm³/mol. The first-order valence-corrected chi connectivity index (χ1v) is 29.8. The van der Waals surface area contributed by atoms with Gasteiger partial charge >= 0.3 is 18.5 Å². The van der Waals surface area contributed by atoms with Gasteiger partial charge in [-0.15, -0.1) is 0 Å². The van der Waals surface area contributed by atoms with Gasteiger partial charge in [0.25, 0.3) is 0 Å². The summed E-state index contributed by atoms with van der Waals surface area (Å²) in [7, 11) is -3.22. The van der Waals surface area contributed by atoms with E-state index in [4.69, 9.17) is 15.0 Å². The first kappa shape index (κ1) is 56.0. The van der Waals surface area contributed by atoms with E-state index in [0.717, 1.165) is 32.9 Å². The van der Waals surface area contributed by atoms with Crippen molar-refractivity contribution in [2.24, 2.45) is 0 Å². The number of hydrogen-bond donors (Lipinski definition) is 0. The van der Waals surface area contributed by atoms with E-state index in [1.165, 1.54) is 18.2 Å². The normalized spacial score (nSPS) is 12.3. The Kier molecular flexibility index (Phi) is 14.2. The van der Waals surface area contributed by atoms with E-state index < -0.39 is 48.9 Å². The van der Waals surface area contributed by atoms with E-state index in [2.05, 4.69) is 48.5 Å². The average molecular weight is 1180 g/mol. The molecule has 0 aliphatic carbocycles. The molecular weight excluding hydrogens is 1130 g/mol. The molecule has 4 nitrogen and oxygen atoms in total. The maximum atomic E-state index is 15.2. The van der Waals surface area contributed by atoms with Gasteiger partial charge in [0.1, 0.15) is 0 Å². The van der Waals surface area contributed by atoms with E-state index in [-0.39, 0.29) is 28.6 Å². The standard InChI is InChI=1S/C73H47F9N4Si/c1-46-30-35-58(63(40-46)72(77,78)79)50-31-37-61-62-38-32-51(59-39-34-53(71(74,75)76)45-64(59)73(80,81)82)43-67(62)86(66(61)42-50)65-44-52(70-84-68(47-18-7-2-8-19-47)83-69(85-70)48-20-9-3-10-21-48)33-36-60(65)49-22-17-29-57(41-49)87(54-23-11-4-12-24-54,55-25-13-5-14-26-55)56-27-15-6-16-28-56/h2-45H,1H3. The van der Waals surface area contributed by atoms with E-state index in [1.807, 2.05) is 150 Å². The Bertz CT molecular complexity index is 4550. The molecule has 0 unspecified atom stereocenters. The lowest BCUT2D eigenvalue weighted by molar-refractivity contribution is -0.143. The fourth-order valence-electron chi connectivity index (χ4n) is 12.0. The number of nitrogens with zero attached hydrogens (tertiary/aromatic N) is 4. The fourth-order valence-corrected chi connectivity index (χ4v) is 16.8. The van der Waals surface area contributed by atoms with Gasteiger partial charge in [-0.25, -0.2) is 15.0 Å². The highest BCUT2D eigenvalue weighted by Crippen LogP contribution is 2.46. The first-order chi connectivity index (χ1) is 41.9. The Morgan fingerprint density at radius 3 is 1.17 bits per heavy atom. The molecule has 0 saturated carbocycles. The number of rotatable bonds is 11. The van der Waals surface area contributed by atoms with Crippen LogP contribution in [0.4, 0.5) is 39.5 Å². The van der Waals surface area contributed by atoms with Crippen molar-refractivity contribution < 1.29 is 39.5 Å². The SMILES string of the molecule is Cc1ccc(-c2ccc3c4ccc(-c5ccc(C(F)(F)F)cc5C(F)(F)F)cc4n(-c4cc(-c5nc(-c6ccccc6)nc(-c6ccccc6)n5)ccc4-c4cccc([Si](c5ccccc5)(c5ccccc5)c5ccccc5)c4)c3c2)c(C(F)(F)F)c1. The summed E-state index contributed by atoms with van der Waals surface area (Å²) in [6.07, 6.45) is -15.1. The number of aromatic nitrogens is 4. The van der Waals surface area contributed by atoms with Crippen LogP contribution in [0.5, 0.6) is 0 Å². The highest BCUT2D eigenvalue weighted by molar-refractivity contribution is 7.19. The fraction of sp³-hybridized carbons (Fsp3) is 0.0548. The van der Waals surface area contributed by atoms with E-state index in [0.29, 0.717) is 78.6 Å². The van der Waals surface area contributed by atoms with E-state index in [1.54, 1.807) is 37.3 Å². The van der Waals surface area contributed by atoms with Crippen molar-refractivity contribution in [1.82, 2.24) is 19.5 Å². The summed E-state index contributed by atoms with van der Waals surface area (Å²) in [6.45, 7) is 1.58. The van der Waals surface area contributed by atoms with Crippen LogP contribution in [0.3, 0.4) is 0 Å². The molecule has 426 valence electrons. The van der Waals surface area contributed by atoms with Crippen molar-refractivity contribution in [3.8, 4) is 73.2 Å². The summed E-state index contributed by atoms with van der Waals surface area (Å²) in [4.78, 5) is 15.1. The second kappa shape index (κ2) is 22.0. The molecule has 0 saturated heterocycles. The van der Waals surface area contributed by atoms with Crippen LogP contribution in [-0.2, 0) is 18.5 Å². The van der Waals surface area contributed by atoms with Gasteiger partial charge in [0.15, 0.2) is 25.5 Å². The average Bonchev–Trinajstić information content (AvgIpc) is 1.82. The number of alkyl halides is 9. The summed E-state index contributed by atoms with van der Waals surface area (Å²) in [6, 6.07) is 78.7. The van der Waals surface area contributed by atoms with Crippen molar-refractivity contribution in [2.45, 2.75) is 25.5 Å². The van der Waals surface area contributed by atoms with Crippen LogP contribution in [0.15, 0.2) is 267 Å². The summed E-state index contributed by atoms with van der Waals surface area (Å²) < 4.78 is 135. The Balaban J connectivity index is 1.15. The molecule has 0 aliphatic rings. The molecule has 0 N–H and O–H groups in total. The first-order valence-electron chi connectivity index (χ1n) is 27.8. The molecule has 0 spiro atoms. The molecule has 87 heavy (non-hydrogen) atoms. The number of fused-ring (bicyclic) bond motifs is 3. The minimum Gasteiger partial charge on any atom is -0.309 e. The number of benzene rings is 11. The monoisotopic (exact) mass is 1180 g/mol. The van der Waals surface area contributed by atoms with Crippen LogP contribution in [0.25, 0.3) is 95.0 Å². The Hall–Kier alpha value is -10.2. The topological polar surface area (TPSA) is 43.6 Å². The van der Waals surface area contributed by atoms with Crippen molar-refractivity contribution in [2.75, 3.05) is 0 Å². The third kappa shape index (κ3) is 10.5. The molecule has 2 aromatic heterocycles. The zero-order valence-corrected chi connectivity index (χ0v) is 47.1. The van der Waals surface area contributed by atoms with Gasteiger partial charge in [0.2, 0.25) is 0 Å². The van der Waals surface area contributed by atoms with E-state index in [9.17, 15) is 13.2 Å². The molecule has 0 amide bonds.